The summed E-state index contributed by atoms with van der Waals surface area (Å²) in [5.41, 5.74) is 1.77. The molecule has 1 aliphatic carbocycles. The third kappa shape index (κ3) is 1.39. The largest absolute Gasteiger partial charge is 0.504 e. The SMILES string of the molecule is Oc1cc2c(c(O)c1O)CCCCC2. The van der Waals surface area contributed by atoms with Gasteiger partial charge in [-0.1, -0.05) is 6.42 Å². The molecule has 0 radical (unpaired) electrons. The van der Waals surface area contributed by atoms with Gasteiger partial charge in [0.15, 0.2) is 11.5 Å². The van der Waals surface area contributed by atoms with Crippen LogP contribution in [-0.2, 0) is 12.8 Å². The maximum atomic E-state index is 9.64. The first kappa shape index (κ1) is 9.19. The molecule has 0 saturated heterocycles. The van der Waals surface area contributed by atoms with E-state index in [1.54, 1.807) is 6.07 Å². The topological polar surface area (TPSA) is 60.7 Å². The Kier molecular flexibility index (Phi) is 2.23. The molecule has 3 nitrogen and oxygen atoms in total. The van der Waals surface area contributed by atoms with Crippen LogP contribution in [0.3, 0.4) is 0 Å². The number of phenolic OH excluding ortho intramolecular Hbond substituents is 3. The van der Waals surface area contributed by atoms with Crippen LogP contribution in [0.1, 0.15) is 30.4 Å². The summed E-state index contributed by atoms with van der Waals surface area (Å²) in [6, 6.07) is 1.57. The highest BCUT2D eigenvalue weighted by atomic mass is 16.3. The molecule has 3 N–H and O–H groups in total. The number of phenols is 3. The minimum absolute atomic E-state index is 0.137. The van der Waals surface area contributed by atoms with Crippen LogP contribution >= 0.6 is 0 Å². The van der Waals surface area contributed by atoms with E-state index in [9.17, 15) is 15.3 Å². The monoisotopic (exact) mass is 194 g/mol. The van der Waals surface area contributed by atoms with Gasteiger partial charge in [0.2, 0.25) is 5.75 Å². The third-order valence-electron chi connectivity index (χ3n) is 2.82. The molecule has 3 heteroatoms. The second-order valence-corrected chi connectivity index (χ2v) is 3.79. The van der Waals surface area contributed by atoms with Crippen LogP contribution in [0.5, 0.6) is 17.2 Å². The second-order valence-electron chi connectivity index (χ2n) is 3.79. The average molecular weight is 194 g/mol. The van der Waals surface area contributed by atoms with Crippen molar-refractivity contribution in [2.75, 3.05) is 0 Å². The van der Waals surface area contributed by atoms with Crippen LogP contribution < -0.4 is 0 Å². The Balaban J connectivity index is 2.55. The second kappa shape index (κ2) is 3.40. The predicted molar refractivity (Wildman–Crippen MR) is 52.7 cm³/mol. The van der Waals surface area contributed by atoms with Crippen molar-refractivity contribution in [1.82, 2.24) is 0 Å². The Morgan fingerprint density at radius 2 is 1.57 bits per heavy atom. The van der Waals surface area contributed by atoms with Crippen LogP contribution in [0.15, 0.2) is 6.07 Å². The number of hydrogen-bond donors (Lipinski definition) is 3. The molecule has 0 aromatic heterocycles. The summed E-state index contributed by atoms with van der Waals surface area (Å²) < 4.78 is 0. The number of fused-ring (bicyclic) bond motifs is 1. The average Bonchev–Trinajstić information content (AvgIpc) is 2.39. The molecule has 0 heterocycles. The molecule has 2 rings (SSSR count). The van der Waals surface area contributed by atoms with Crippen molar-refractivity contribution >= 4 is 0 Å². The minimum atomic E-state index is -0.384. The van der Waals surface area contributed by atoms with Crippen molar-refractivity contribution in [2.24, 2.45) is 0 Å². The van der Waals surface area contributed by atoms with Crippen LogP contribution in [0.25, 0.3) is 0 Å². The maximum Gasteiger partial charge on any atom is 0.200 e. The van der Waals surface area contributed by atoms with E-state index in [1.807, 2.05) is 0 Å². The van der Waals surface area contributed by atoms with E-state index in [0.29, 0.717) is 0 Å². The van der Waals surface area contributed by atoms with Gasteiger partial charge in [-0.25, -0.2) is 0 Å². The van der Waals surface area contributed by atoms with Gasteiger partial charge in [-0.05, 0) is 37.3 Å². The molecule has 14 heavy (non-hydrogen) atoms. The fraction of sp³-hybridized carbons (Fsp3) is 0.455. The zero-order valence-electron chi connectivity index (χ0n) is 7.95. The number of aryl methyl sites for hydroxylation is 1. The molecule has 0 fully saturated rings. The van der Waals surface area contributed by atoms with Crippen LogP contribution in [-0.4, -0.2) is 15.3 Å². The first-order valence-corrected chi connectivity index (χ1v) is 4.96. The van der Waals surface area contributed by atoms with Crippen LogP contribution in [0.2, 0.25) is 0 Å². The number of rotatable bonds is 0. The third-order valence-corrected chi connectivity index (χ3v) is 2.82. The zero-order chi connectivity index (χ0) is 10.1. The molecular formula is C11H14O3. The Morgan fingerprint density at radius 1 is 0.857 bits per heavy atom. The highest BCUT2D eigenvalue weighted by molar-refractivity contribution is 5.57. The van der Waals surface area contributed by atoms with E-state index in [2.05, 4.69) is 0 Å². The molecular weight excluding hydrogens is 180 g/mol. The predicted octanol–water partition coefficient (Wildman–Crippen LogP) is 2.07. The summed E-state index contributed by atoms with van der Waals surface area (Å²) in [6.45, 7) is 0. The van der Waals surface area contributed by atoms with Gasteiger partial charge in [0.25, 0.3) is 0 Å². The quantitative estimate of drug-likeness (QED) is 0.437. The van der Waals surface area contributed by atoms with Gasteiger partial charge in [-0.2, -0.15) is 0 Å². The van der Waals surface area contributed by atoms with Gasteiger partial charge < -0.3 is 15.3 Å². The maximum absolute atomic E-state index is 9.64. The lowest BCUT2D eigenvalue weighted by atomic mass is 10.0. The van der Waals surface area contributed by atoms with E-state index >= 15 is 0 Å². The molecule has 1 aromatic rings. The number of aromatic hydroxyl groups is 3. The van der Waals surface area contributed by atoms with Crippen molar-refractivity contribution in [2.45, 2.75) is 32.1 Å². The molecule has 1 aliphatic rings. The fourth-order valence-electron chi connectivity index (χ4n) is 2.03. The lowest BCUT2D eigenvalue weighted by Crippen LogP contribution is -1.92. The molecule has 0 saturated carbocycles. The molecule has 0 spiro atoms. The van der Waals surface area contributed by atoms with Crippen LogP contribution in [0, 0.1) is 0 Å². The van der Waals surface area contributed by atoms with Gasteiger partial charge >= 0.3 is 0 Å². The van der Waals surface area contributed by atoms with Crippen molar-refractivity contribution in [3.8, 4) is 17.2 Å². The van der Waals surface area contributed by atoms with E-state index < -0.39 is 0 Å². The summed E-state index contributed by atoms with van der Waals surface area (Å²) in [5, 5.41) is 28.3. The van der Waals surface area contributed by atoms with Gasteiger partial charge in [-0.15, -0.1) is 0 Å². The Hall–Kier alpha value is -1.38. The molecule has 0 bridgehead atoms. The van der Waals surface area contributed by atoms with Crippen molar-refractivity contribution in [3.63, 3.8) is 0 Å². The van der Waals surface area contributed by atoms with Gasteiger partial charge in [0, 0.05) is 5.56 Å². The minimum Gasteiger partial charge on any atom is -0.504 e. The molecule has 76 valence electrons. The Bertz CT molecular complexity index is 358. The molecule has 0 unspecified atom stereocenters. The standard InChI is InChI=1S/C11H14O3/c12-9-6-7-4-2-1-3-5-8(7)10(13)11(9)14/h6,12-14H,1-5H2. The normalized spacial score (nSPS) is 16.0. The lowest BCUT2D eigenvalue weighted by molar-refractivity contribution is 0.364. The van der Waals surface area contributed by atoms with Gasteiger partial charge in [-0.3, -0.25) is 0 Å². The van der Waals surface area contributed by atoms with E-state index in [4.69, 9.17) is 0 Å². The van der Waals surface area contributed by atoms with Crippen molar-refractivity contribution in [3.05, 3.63) is 17.2 Å². The number of benzene rings is 1. The Morgan fingerprint density at radius 3 is 2.36 bits per heavy atom. The summed E-state index contributed by atoms with van der Waals surface area (Å²) in [4.78, 5) is 0. The summed E-state index contributed by atoms with van der Waals surface area (Å²) in [6.07, 6.45) is 4.91. The number of hydrogen-bond acceptors (Lipinski definition) is 3. The van der Waals surface area contributed by atoms with E-state index in [-0.39, 0.29) is 17.2 Å². The molecule has 1 aromatic carbocycles. The van der Waals surface area contributed by atoms with Crippen LogP contribution in [0.4, 0.5) is 0 Å². The highest BCUT2D eigenvalue weighted by Crippen LogP contribution is 2.41. The van der Waals surface area contributed by atoms with Crippen molar-refractivity contribution in [1.29, 1.82) is 0 Å². The zero-order valence-corrected chi connectivity index (χ0v) is 7.95. The summed E-state index contributed by atoms with van der Waals surface area (Å²) in [7, 11) is 0. The van der Waals surface area contributed by atoms with Gasteiger partial charge in [0.1, 0.15) is 0 Å². The summed E-state index contributed by atoms with van der Waals surface area (Å²) in [5.74, 6) is -0.740. The van der Waals surface area contributed by atoms with Gasteiger partial charge in [0.05, 0.1) is 0 Å². The van der Waals surface area contributed by atoms with Crippen molar-refractivity contribution < 1.29 is 15.3 Å². The molecule has 0 atom stereocenters. The molecule has 0 amide bonds. The summed E-state index contributed by atoms with van der Waals surface area (Å²) >= 11 is 0. The first-order valence-electron chi connectivity index (χ1n) is 4.96. The lowest BCUT2D eigenvalue weighted by Gasteiger charge is -2.10. The highest BCUT2D eigenvalue weighted by Gasteiger charge is 2.17. The molecule has 0 aliphatic heterocycles. The smallest absolute Gasteiger partial charge is 0.200 e. The Labute approximate surface area is 82.6 Å². The van der Waals surface area contributed by atoms with E-state index in [0.717, 1.165) is 43.2 Å². The first-order chi connectivity index (χ1) is 6.70. The fourth-order valence-corrected chi connectivity index (χ4v) is 2.03. The van der Waals surface area contributed by atoms with E-state index in [1.165, 1.54) is 0 Å².